The maximum atomic E-state index is 13.4. The number of nitrogens with two attached hydrogens (primary N) is 1. The third kappa shape index (κ3) is 6.63. The summed E-state index contributed by atoms with van der Waals surface area (Å²) in [7, 11) is 0. The van der Waals surface area contributed by atoms with Crippen LogP contribution in [-0.4, -0.2) is 53.6 Å². The zero-order valence-electron chi connectivity index (χ0n) is 24.4. The molecule has 3 aromatic carbocycles. The van der Waals surface area contributed by atoms with Gasteiger partial charge in [-0.25, -0.2) is 14.5 Å². The summed E-state index contributed by atoms with van der Waals surface area (Å²) in [6.07, 6.45) is 4.88. The van der Waals surface area contributed by atoms with Crippen LogP contribution in [0.4, 0.5) is 5.82 Å². The molecule has 0 spiro atoms. The maximum Gasteiger partial charge on any atom is 0.360 e. The Morgan fingerprint density at radius 3 is 2.74 bits per heavy atom. The van der Waals surface area contributed by atoms with Gasteiger partial charge >= 0.3 is 5.97 Å². The molecule has 0 aliphatic carbocycles. The molecule has 1 amide bonds. The van der Waals surface area contributed by atoms with Gasteiger partial charge in [0.25, 0.3) is 0 Å². The normalized spacial score (nSPS) is 12.1. The van der Waals surface area contributed by atoms with Crippen LogP contribution < -0.4 is 11.1 Å². The molecule has 0 saturated heterocycles. The van der Waals surface area contributed by atoms with Crippen molar-refractivity contribution in [2.75, 3.05) is 12.3 Å². The number of hydrogen-bond donors (Lipinski definition) is 4. The lowest BCUT2D eigenvalue weighted by Gasteiger charge is -2.16. The number of anilines is 1. The van der Waals surface area contributed by atoms with Crippen molar-refractivity contribution in [3.63, 3.8) is 0 Å². The summed E-state index contributed by atoms with van der Waals surface area (Å²) in [5.74, 6) is -0.0912. The molecule has 1 atom stereocenters. The Hall–Kier alpha value is -5.46. The second-order valence-electron chi connectivity index (χ2n) is 10.2. The Balaban J connectivity index is 1.27. The SMILES string of the molecule is CCOC(=O)c1cn(-c2ccc(Cl)cc2/C=C/C(=O)N[C@@H](Cc2ccccc2)c2nc(-c3ccc4c(N)n[nH]c4c3)c(Cl)[nH]2)nn1. The van der Waals surface area contributed by atoms with Gasteiger partial charge in [0.05, 0.1) is 30.0 Å². The molecular formula is C32H27Cl2N9O3. The highest BCUT2D eigenvalue weighted by Gasteiger charge is 2.22. The summed E-state index contributed by atoms with van der Waals surface area (Å²) in [5, 5.41) is 19.5. The monoisotopic (exact) mass is 655 g/mol. The molecule has 0 aliphatic heterocycles. The van der Waals surface area contributed by atoms with Crippen LogP contribution in [0.15, 0.2) is 79.0 Å². The number of carbonyl (C=O) groups excluding carboxylic acids is 2. The van der Waals surface area contributed by atoms with Crippen LogP contribution in [0.25, 0.3) is 33.9 Å². The van der Waals surface area contributed by atoms with E-state index in [1.165, 1.54) is 17.0 Å². The average molecular weight is 657 g/mol. The van der Waals surface area contributed by atoms with Crippen molar-refractivity contribution >= 4 is 57.9 Å². The van der Waals surface area contributed by atoms with E-state index >= 15 is 0 Å². The van der Waals surface area contributed by atoms with E-state index in [4.69, 9.17) is 38.7 Å². The first-order valence-electron chi connectivity index (χ1n) is 14.2. The quantitative estimate of drug-likeness (QED) is 0.107. The van der Waals surface area contributed by atoms with E-state index in [1.54, 1.807) is 31.2 Å². The van der Waals surface area contributed by atoms with Crippen LogP contribution in [-0.2, 0) is 16.0 Å². The van der Waals surface area contributed by atoms with Crippen LogP contribution in [0, 0.1) is 0 Å². The number of fused-ring (bicyclic) bond motifs is 1. The van der Waals surface area contributed by atoms with Crippen LogP contribution in [0.2, 0.25) is 10.2 Å². The summed E-state index contributed by atoms with van der Waals surface area (Å²) >= 11 is 12.9. The molecule has 0 fully saturated rings. The number of nitrogen functional groups attached to an aromatic ring is 1. The second-order valence-corrected chi connectivity index (χ2v) is 11.0. The van der Waals surface area contributed by atoms with Crippen molar-refractivity contribution in [1.82, 2.24) is 40.5 Å². The lowest BCUT2D eigenvalue weighted by Crippen LogP contribution is -2.29. The number of aromatic nitrogens is 7. The number of nitrogens with one attached hydrogen (secondary N) is 3. The van der Waals surface area contributed by atoms with Crippen LogP contribution in [0.3, 0.4) is 0 Å². The predicted octanol–water partition coefficient (Wildman–Crippen LogP) is 5.71. The predicted molar refractivity (Wildman–Crippen MR) is 175 cm³/mol. The highest BCUT2D eigenvalue weighted by Crippen LogP contribution is 2.31. The molecular weight excluding hydrogens is 629 g/mol. The number of imidazole rings is 1. The number of esters is 1. The van der Waals surface area contributed by atoms with Gasteiger partial charge in [-0.05, 0) is 55.3 Å². The van der Waals surface area contributed by atoms with Gasteiger partial charge in [-0.15, -0.1) is 5.10 Å². The molecule has 5 N–H and O–H groups in total. The summed E-state index contributed by atoms with van der Waals surface area (Å²) in [4.78, 5) is 33.4. The second kappa shape index (κ2) is 13.3. The van der Waals surface area contributed by atoms with Crippen molar-refractivity contribution in [2.24, 2.45) is 0 Å². The Bertz CT molecular complexity index is 2070. The van der Waals surface area contributed by atoms with Crippen LogP contribution in [0.1, 0.15) is 40.4 Å². The Kier molecular flexibility index (Phi) is 8.81. The van der Waals surface area contributed by atoms with Gasteiger partial charge in [0, 0.05) is 27.6 Å². The first kappa shape index (κ1) is 30.6. The summed E-state index contributed by atoms with van der Waals surface area (Å²) in [6, 6.07) is 19.8. The highest BCUT2D eigenvalue weighted by molar-refractivity contribution is 6.32. The molecule has 14 heteroatoms. The zero-order valence-corrected chi connectivity index (χ0v) is 25.9. The lowest BCUT2D eigenvalue weighted by molar-refractivity contribution is -0.117. The number of H-pyrrole nitrogens is 2. The Morgan fingerprint density at radius 2 is 1.93 bits per heavy atom. The summed E-state index contributed by atoms with van der Waals surface area (Å²) < 4.78 is 6.42. The van der Waals surface area contributed by atoms with E-state index in [2.05, 4.69) is 30.8 Å². The molecule has 12 nitrogen and oxygen atoms in total. The number of amides is 1. The molecule has 6 aromatic rings. The van der Waals surface area contributed by atoms with E-state index in [-0.39, 0.29) is 18.2 Å². The van der Waals surface area contributed by atoms with Gasteiger partial charge < -0.3 is 20.8 Å². The van der Waals surface area contributed by atoms with Crippen molar-refractivity contribution in [1.29, 1.82) is 0 Å². The topological polar surface area (TPSA) is 169 Å². The first-order valence-corrected chi connectivity index (χ1v) is 15.0. The number of rotatable bonds is 10. The van der Waals surface area contributed by atoms with E-state index in [1.807, 2.05) is 48.5 Å². The minimum Gasteiger partial charge on any atom is -0.461 e. The number of carbonyl (C=O) groups is 2. The lowest BCUT2D eigenvalue weighted by atomic mass is 10.1. The number of halogens is 2. The molecule has 6 rings (SSSR count). The molecule has 46 heavy (non-hydrogen) atoms. The van der Waals surface area contributed by atoms with Gasteiger partial charge in [-0.2, -0.15) is 5.10 Å². The summed E-state index contributed by atoms with van der Waals surface area (Å²) in [5.41, 5.74) is 10.1. The van der Waals surface area contributed by atoms with Crippen molar-refractivity contribution < 1.29 is 14.3 Å². The van der Waals surface area contributed by atoms with Crippen LogP contribution >= 0.6 is 23.2 Å². The van der Waals surface area contributed by atoms with E-state index in [0.717, 1.165) is 22.0 Å². The smallest absolute Gasteiger partial charge is 0.360 e. The maximum absolute atomic E-state index is 13.4. The Labute approximate surface area is 272 Å². The molecule has 0 saturated carbocycles. The highest BCUT2D eigenvalue weighted by atomic mass is 35.5. The van der Waals surface area contributed by atoms with Gasteiger partial charge in [-0.1, -0.05) is 64.8 Å². The zero-order chi connectivity index (χ0) is 32.2. The Morgan fingerprint density at radius 1 is 1.11 bits per heavy atom. The minimum atomic E-state index is -0.587. The van der Waals surface area contributed by atoms with E-state index < -0.39 is 12.0 Å². The van der Waals surface area contributed by atoms with Crippen molar-refractivity contribution in [2.45, 2.75) is 19.4 Å². The third-order valence-corrected chi connectivity index (χ3v) is 7.61. The van der Waals surface area contributed by atoms with Crippen LogP contribution in [0.5, 0.6) is 0 Å². The average Bonchev–Trinajstić information content (AvgIpc) is 3.79. The molecule has 0 radical (unpaired) electrons. The van der Waals surface area contributed by atoms with Gasteiger partial charge in [0.1, 0.15) is 16.7 Å². The molecule has 0 unspecified atom stereocenters. The van der Waals surface area contributed by atoms with E-state index in [0.29, 0.717) is 45.2 Å². The molecule has 232 valence electrons. The van der Waals surface area contributed by atoms with Crippen molar-refractivity contribution in [3.8, 4) is 16.9 Å². The fourth-order valence-electron chi connectivity index (χ4n) is 4.91. The third-order valence-electron chi connectivity index (χ3n) is 7.10. The number of benzene rings is 3. The van der Waals surface area contributed by atoms with Gasteiger partial charge in [0.15, 0.2) is 11.5 Å². The number of nitrogens with zero attached hydrogens (tertiary/aromatic N) is 5. The summed E-state index contributed by atoms with van der Waals surface area (Å²) in [6.45, 7) is 1.92. The molecule has 0 bridgehead atoms. The first-order chi connectivity index (χ1) is 22.3. The minimum absolute atomic E-state index is 0.0540. The van der Waals surface area contributed by atoms with E-state index in [9.17, 15) is 9.59 Å². The van der Waals surface area contributed by atoms with Gasteiger partial charge in [0.2, 0.25) is 5.91 Å². The largest absolute Gasteiger partial charge is 0.461 e. The number of ether oxygens (including phenoxy) is 1. The number of hydrogen-bond acceptors (Lipinski definition) is 8. The van der Waals surface area contributed by atoms with Crippen molar-refractivity contribution in [3.05, 3.63) is 112 Å². The molecule has 3 heterocycles. The fourth-order valence-corrected chi connectivity index (χ4v) is 5.34. The van der Waals surface area contributed by atoms with Gasteiger partial charge in [-0.3, -0.25) is 9.89 Å². The fraction of sp³-hybridized carbons (Fsp3) is 0.125. The standard InChI is InChI=1S/C32H27Cl2N9O3/c1-2-46-32(45)25-17-43(42-40-25)26-12-10-21(33)15-19(26)9-13-27(44)36-24(14-18-6-4-3-5-7-18)31-37-28(29(34)38-31)20-8-11-22-23(16-20)39-41-30(22)35/h3-13,15-17,24H,2,14H2,1H3,(H,36,44)(H,37,38)(H3,35,39,41)/b13-9+/t24-/m0/s1. The molecule has 0 aliphatic rings. The number of aromatic amines is 2. The molecule has 3 aromatic heterocycles.